The molecule has 1 unspecified atom stereocenters. The normalized spacial score (nSPS) is 12.4. The lowest BCUT2D eigenvalue weighted by Crippen LogP contribution is -2.31. The molecule has 1 aromatic carbocycles. The molecule has 0 aromatic heterocycles. The molecular weight excluding hydrogens is 154 g/mol. The molecule has 2 N–H and O–H groups in total. The van der Waals surface area contributed by atoms with Crippen molar-refractivity contribution in [1.29, 1.82) is 0 Å². The molecule has 0 spiro atoms. The lowest BCUT2D eigenvalue weighted by Gasteiger charge is -2.03. The first-order chi connectivity index (χ1) is 5.70. The standard InChI is InChI=1S/C9H10NO2/c10-8(9(11)12)6-7-4-2-1-3-5-7/h1-5,8H,6,10H2. The molecule has 0 aliphatic rings. The smallest absolute Gasteiger partial charge is 0.318 e. The summed E-state index contributed by atoms with van der Waals surface area (Å²) in [5.41, 5.74) is 6.20. The van der Waals surface area contributed by atoms with Crippen LogP contribution in [0.15, 0.2) is 30.3 Å². The fourth-order valence-corrected chi connectivity index (χ4v) is 0.951. The van der Waals surface area contributed by atoms with Crippen LogP contribution in [0.5, 0.6) is 0 Å². The zero-order valence-corrected chi connectivity index (χ0v) is 6.57. The van der Waals surface area contributed by atoms with Crippen molar-refractivity contribution in [2.75, 3.05) is 0 Å². The third kappa shape index (κ3) is 2.36. The Morgan fingerprint density at radius 2 is 1.92 bits per heavy atom. The molecule has 1 rings (SSSR count). The van der Waals surface area contributed by atoms with E-state index in [0.717, 1.165) is 5.56 Å². The molecule has 12 heavy (non-hydrogen) atoms. The second kappa shape index (κ2) is 3.88. The van der Waals surface area contributed by atoms with Gasteiger partial charge in [0, 0.05) is 0 Å². The Labute approximate surface area is 70.8 Å². The van der Waals surface area contributed by atoms with Gasteiger partial charge in [-0.3, -0.25) is 0 Å². The molecule has 0 heterocycles. The van der Waals surface area contributed by atoms with Gasteiger partial charge >= 0.3 is 5.97 Å². The number of nitrogens with two attached hydrogens (primary N) is 1. The SMILES string of the molecule is NC(Cc1ccccc1)C([O])=O. The van der Waals surface area contributed by atoms with Gasteiger partial charge < -0.3 is 5.73 Å². The minimum absolute atomic E-state index is 0.323. The summed E-state index contributed by atoms with van der Waals surface area (Å²) in [5.74, 6) is -1.21. The Kier molecular flexibility index (Phi) is 2.82. The molecular formula is C9H10NO2. The van der Waals surface area contributed by atoms with Gasteiger partial charge in [0.25, 0.3) is 0 Å². The van der Waals surface area contributed by atoms with Crippen LogP contribution in [-0.2, 0) is 16.3 Å². The molecule has 3 heteroatoms. The molecule has 0 fully saturated rings. The zero-order valence-electron chi connectivity index (χ0n) is 6.57. The van der Waals surface area contributed by atoms with E-state index in [9.17, 15) is 9.90 Å². The number of carbonyl (C=O) groups excluding carboxylic acids is 1. The molecule has 3 nitrogen and oxygen atoms in total. The first-order valence-electron chi connectivity index (χ1n) is 3.70. The van der Waals surface area contributed by atoms with E-state index in [2.05, 4.69) is 0 Å². The summed E-state index contributed by atoms with van der Waals surface area (Å²) in [4.78, 5) is 10.3. The number of hydrogen-bond donors (Lipinski definition) is 1. The Morgan fingerprint density at radius 1 is 1.33 bits per heavy atom. The third-order valence-electron chi connectivity index (χ3n) is 1.60. The average Bonchev–Trinajstić information content (AvgIpc) is 2.06. The number of hydrogen-bond acceptors (Lipinski definition) is 2. The van der Waals surface area contributed by atoms with E-state index in [1.54, 1.807) is 0 Å². The molecule has 0 aliphatic carbocycles. The van der Waals surface area contributed by atoms with Crippen LogP contribution in [0, 0.1) is 0 Å². The minimum Gasteiger partial charge on any atom is -0.318 e. The molecule has 1 radical (unpaired) electrons. The molecule has 0 aliphatic heterocycles. The Morgan fingerprint density at radius 3 is 2.42 bits per heavy atom. The van der Waals surface area contributed by atoms with Gasteiger partial charge in [0.15, 0.2) is 0 Å². The van der Waals surface area contributed by atoms with E-state index < -0.39 is 12.0 Å². The summed E-state index contributed by atoms with van der Waals surface area (Å²) in [6, 6.07) is 8.32. The van der Waals surface area contributed by atoms with Crippen LogP contribution in [0.4, 0.5) is 0 Å². The summed E-state index contributed by atoms with van der Waals surface area (Å²) >= 11 is 0. The molecule has 1 atom stereocenters. The molecule has 0 amide bonds. The van der Waals surface area contributed by atoms with Crippen molar-refractivity contribution in [3.63, 3.8) is 0 Å². The molecule has 63 valence electrons. The molecule has 1 aromatic rings. The zero-order chi connectivity index (χ0) is 8.97. The van der Waals surface area contributed by atoms with Crippen molar-refractivity contribution in [3.05, 3.63) is 35.9 Å². The van der Waals surface area contributed by atoms with Crippen molar-refractivity contribution < 1.29 is 9.90 Å². The number of benzene rings is 1. The second-order valence-corrected chi connectivity index (χ2v) is 2.62. The van der Waals surface area contributed by atoms with Crippen molar-refractivity contribution in [2.45, 2.75) is 12.5 Å². The monoisotopic (exact) mass is 164 g/mol. The van der Waals surface area contributed by atoms with Gasteiger partial charge in [0.2, 0.25) is 0 Å². The summed E-state index contributed by atoms with van der Waals surface area (Å²) in [6.07, 6.45) is 0.323. The molecule has 0 bridgehead atoms. The maximum atomic E-state index is 10.3. The van der Waals surface area contributed by atoms with Gasteiger partial charge in [-0.05, 0) is 12.0 Å². The van der Waals surface area contributed by atoms with E-state index in [1.807, 2.05) is 30.3 Å². The van der Waals surface area contributed by atoms with E-state index in [0.29, 0.717) is 6.42 Å². The highest BCUT2D eigenvalue weighted by Crippen LogP contribution is 2.01. The van der Waals surface area contributed by atoms with Gasteiger partial charge in [0.1, 0.15) is 6.04 Å². The second-order valence-electron chi connectivity index (χ2n) is 2.62. The predicted octanol–water partition coefficient (Wildman–Crippen LogP) is 0.514. The van der Waals surface area contributed by atoms with Crippen LogP contribution in [0.2, 0.25) is 0 Å². The largest absolute Gasteiger partial charge is 0.372 e. The Hall–Kier alpha value is -1.35. The summed E-state index contributed by atoms with van der Waals surface area (Å²) in [6.45, 7) is 0. The van der Waals surface area contributed by atoms with Gasteiger partial charge in [-0.2, -0.15) is 0 Å². The molecule has 0 saturated heterocycles. The number of rotatable bonds is 3. The van der Waals surface area contributed by atoms with Crippen LogP contribution < -0.4 is 5.73 Å². The summed E-state index contributed by atoms with van der Waals surface area (Å²) in [5, 5.41) is 10.3. The predicted molar refractivity (Wildman–Crippen MR) is 43.8 cm³/mol. The van der Waals surface area contributed by atoms with E-state index in [1.165, 1.54) is 0 Å². The lowest BCUT2D eigenvalue weighted by molar-refractivity contribution is -0.144. The van der Waals surface area contributed by atoms with E-state index in [-0.39, 0.29) is 0 Å². The third-order valence-corrected chi connectivity index (χ3v) is 1.60. The quantitative estimate of drug-likeness (QED) is 0.707. The van der Waals surface area contributed by atoms with Crippen LogP contribution in [0.3, 0.4) is 0 Å². The fraction of sp³-hybridized carbons (Fsp3) is 0.222. The lowest BCUT2D eigenvalue weighted by atomic mass is 10.1. The average molecular weight is 164 g/mol. The maximum absolute atomic E-state index is 10.3. The minimum atomic E-state index is -1.21. The molecule has 0 saturated carbocycles. The topological polar surface area (TPSA) is 63.0 Å². The summed E-state index contributed by atoms with van der Waals surface area (Å²) < 4.78 is 0. The van der Waals surface area contributed by atoms with Crippen LogP contribution in [0.25, 0.3) is 0 Å². The first kappa shape index (κ1) is 8.74. The van der Waals surface area contributed by atoms with Crippen molar-refractivity contribution in [1.82, 2.24) is 0 Å². The van der Waals surface area contributed by atoms with Crippen molar-refractivity contribution >= 4 is 5.97 Å². The Balaban J connectivity index is 2.58. The van der Waals surface area contributed by atoms with Crippen molar-refractivity contribution in [3.8, 4) is 0 Å². The van der Waals surface area contributed by atoms with E-state index >= 15 is 0 Å². The van der Waals surface area contributed by atoms with Crippen LogP contribution in [0.1, 0.15) is 5.56 Å². The van der Waals surface area contributed by atoms with E-state index in [4.69, 9.17) is 5.73 Å². The Bertz CT molecular complexity index is 258. The van der Waals surface area contributed by atoms with Crippen LogP contribution >= 0.6 is 0 Å². The van der Waals surface area contributed by atoms with Crippen LogP contribution in [-0.4, -0.2) is 12.0 Å². The summed E-state index contributed by atoms with van der Waals surface area (Å²) in [7, 11) is 0. The van der Waals surface area contributed by atoms with Gasteiger partial charge in [-0.1, -0.05) is 30.3 Å². The first-order valence-corrected chi connectivity index (χ1v) is 3.70. The number of carbonyl (C=O) groups is 1. The highest BCUT2D eigenvalue weighted by Gasteiger charge is 2.13. The van der Waals surface area contributed by atoms with Gasteiger partial charge in [-0.15, -0.1) is 0 Å². The highest BCUT2D eigenvalue weighted by molar-refractivity contribution is 5.73. The van der Waals surface area contributed by atoms with Gasteiger partial charge in [-0.25, -0.2) is 9.90 Å². The van der Waals surface area contributed by atoms with Crippen molar-refractivity contribution in [2.24, 2.45) is 5.73 Å². The maximum Gasteiger partial charge on any atom is 0.372 e. The highest BCUT2D eigenvalue weighted by atomic mass is 16.4. The fourth-order valence-electron chi connectivity index (χ4n) is 0.951. The van der Waals surface area contributed by atoms with Gasteiger partial charge in [0.05, 0.1) is 0 Å².